The van der Waals surface area contributed by atoms with Gasteiger partial charge in [-0.25, -0.2) is 0 Å². The summed E-state index contributed by atoms with van der Waals surface area (Å²) in [5, 5.41) is 4.62. The van der Waals surface area contributed by atoms with Gasteiger partial charge in [0.05, 0.1) is 26.0 Å². The molecule has 31 heavy (non-hydrogen) atoms. The summed E-state index contributed by atoms with van der Waals surface area (Å²) in [7, 11) is 5.14. The van der Waals surface area contributed by atoms with Gasteiger partial charge in [-0.05, 0) is 48.7 Å². The van der Waals surface area contributed by atoms with Crippen LogP contribution in [0, 0.1) is 0 Å². The first-order chi connectivity index (χ1) is 15.0. The summed E-state index contributed by atoms with van der Waals surface area (Å²) in [5.74, 6) is 2.12. The maximum atomic E-state index is 13.6. The number of rotatable bonds is 3. The highest BCUT2D eigenvalue weighted by molar-refractivity contribution is 5.96. The van der Waals surface area contributed by atoms with E-state index < -0.39 is 0 Å². The van der Waals surface area contributed by atoms with Crippen molar-refractivity contribution >= 4 is 5.91 Å². The zero-order valence-electron chi connectivity index (χ0n) is 18.1. The molecule has 0 bridgehead atoms. The molecular weight excluding hydrogens is 394 g/mol. The van der Waals surface area contributed by atoms with Crippen molar-refractivity contribution in [1.29, 1.82) is 0 Å². The molecule has 5 rings (SSSR count). The Kier molecular flexibility index (Phi) is 4.61. The van der Waals surface area contributed by atoms with Crippen molar-refractivity contribution < 1.29 is 19.0 Å². The number of para-hydroxylation sites is 1. The SMILES string of the molecule is COc1cc2c(cc1OC)[C@H](C)N(C(=O)c1nn(C)c3c1COc1ccccc1-3)CC2. The van der Waals surface area contributed by atoms with Crippen molar-refractivity contribution in [2.45, 2.75) is 26.0 Å². The molecule has 1 atom stereocenters. The predicted octanol–water partition coefficient (Wildman–Crippen LogP) is 3.76. The third-order valence-electron chi connectivity index (χ3n) is 6.31. The van der Waals surface area contributed by atoms with Gasteiger partial charge in [0.1, 0.15) is 12.4 Å². The quantitative estimate of drug-likeness (QED) is 0.647. The van der Waals surface area contributed by atoms with Crippen molar-refractivity contribution in [1.82, 2.24) is 14.7 Å². The molecule has 0 fully saturated rings. The zero-order chi connectivity index (χ0) is 21.7. The first-order valence-electron chi connectivity index (χ1n) is 10.4. The van der Waals surface area contributed by atoms with Gasteiger partial charge in [0.15, 0.2) is 17.2 Å². The Morgan fingerprint density at radius 2 is 1.90 bits per heavy atom. The molecular formula is C24H25N3O4. The molecule has 0 aliphatic carbocycles. The Balaban J connectivity index is 1.52. The molecule has 7 heteroatoms. The van der Waals surface area contributed by atoms with Gasteiger partial charge in [0.25, 0.3) is 5.91 Å². The van der Waals surface area contributed by atoms with E-state index in [0.29, 0.717) is 30.3 Å². The van der Waals surface area contributed by atoms with E-state index in [9.17, 15) is 4.79 Å². The van der Waals surface area contributed by atoms with Crippen LogP contribution in [0.25, 0.3) is 11.3 Å². The second-order valence-electron chi connectivity index (χ2n) is 7.91. The molecule has 0 spiro atoms. The fourth-order valence-electron chi connectivity index (χ4n) is 4.71. The van der Waals surface area contributed by atoms with Gasteiger partial charge in [-0.2, -0.15) is 5.10 Å². The Morgan fingerprint density at radius 1 is 1.16 bits per heavy atom. The molecule has 2 aliphatic heterocycles. The maximum Gasteiger partial charge on any atom is 0.275 e. The molecule has 7 nitrogen and oxygen atoms in total. The minimum absolute atomic E-state index is 0.0761. The van der Waals surface area contributed by atoms with Gasteiger partial charge in [-0.1, -0.05) is 12.1 Å². The average molecular weight is 419 g/mol. The van der Waals surface area contributed by atoms with Crippen LogP contribution in [0.4, 0.5) is 0 Å². The topological polar surface area (TPSA) is 65.8 Å². The normalized spacial score (nSPS) is 16.6. The minimum Gasteiger partial charge on any atom is -0.493 e. The van der Waals surface area contributed by atoms with Crippen LogP contribution >= 0.6 is 0 Å². The number of fused-ring (bicyclic) bond motifs is 4. The Labute approximate surface area is 181 Å². The summed E-state index contributed by atoms with van der Waals surface area (Å²) < 4.78 is 18.6. The van der Waals surface area contributed by atoms with Crippen LogP contribution in [0.2, 0.25) is 0 Å². The predicted molar refractivity (Wildman–Crippen MR) is 116 cm³/mol. The number of ether oxygens (including phenoxy) is 3. The molecule has 1 aromatic heterocycles. The van der Waals surface area contributed by atoms with Crippen LogP contribution in [-0.2, 0) is 20.1 Å². The molecule has 0 saturated carbocycles. The van der Waals surface area contributed by atoms with Crippen LogP contribution < -0.4 is 14.2 Å². The molecule has 0 N–H and O–H groups in total. The molecule has 0 radical (unpaired) electrons. The summed E-state index contributed by atoms with van der Waals surface area (Å²) in [6.45, 7) is 3.00. The molecule has 3 heterocycles. The number of carbonyl (C=O) groups excluding carboxylic acids is 1. The minimum atomic E-state index is -0.106. The number of carbonyl (C=O) groups is 1. The summed E-state index contributed by atoms with van der Waals surface area (Å²) >= 11 is 0. The van der Waals surface area contributed by atoms with Gasteiger partial charge in [-0.15, -0.1) is 0 Å². The third kappa shape index (κ3) is 2.95. The summed E-state index contributed by atoms with van der Waals surface area (Å²) in [5.41, 5.74) is 5.46. The van der Waals surface area contributed by atoms with E-state index in [1.165, 1.54) is 5.56 Å². The van der Waals surface area contributed by atoms with Gasteiger partial charge in [0, 0.05) is 24.7 Å². The van der Waals surface area contributed by atoms with Crippen LogP contribution in [0.3, 0.4) is 0 Å². The average Bonchev–Trinajstić information content (AvgIpc) is 3.15. The van der Waals surface area contributed by atoms with Crippen molar-refractivity contribution in [2.24, 2.45) is 7.05 Å². The van der Waals surface area contributed by atoms with Crippen molar-refractivity contribution in [3.8, 4) is 28.5 Å². The molecule has 2 aromatic carbocycles. The molecule has 2 aliphatic rings. The van der Waals surface area contributed by atoms with Crippen LogP contribution in [0.1, 0.15) is 40.1 Å². The summed E-state index contributed by atoms with van der Waals surface area (Å²) in [6.07, 6.45) is 0.750. The highest BCUT2D eigenvalue weighted by atomic mass is 16.5. The number of hydrogen-bond donors (Lipinski definition) is 0. The fourth-order valence-corrected chi connectivity index (χ4v) is 4.71. The van der Waals surface area contributed by atoms with Crippen molar-refractivity contribution in [3.05, 3.63) is 58.8 Å². The molecule has 0 saturated heterocycles. The van der Waals surface area contributed by atoms with E-state index in [1.807, 2.05) is 55.3 Å². The van der Waals surface area contributed by atoms with Crippen LogP contribution in [-0.4, -0.2) is 41.4 Å². The van der Waals surface area contributed by atoms with E-state index in [4.69, 9.17) is 14.2 Å². The second-order valence-corrected chi connectivity index (χ2v) is 7.91. The van der Waals surface area contributed by atoms with Crippen LogP contribution in [0.5, 0.6) is 17.2 Å². The largest absolute Gasteiger partial charge is 0.493 e. The Bertz CT molecular complexity index is 1180. The molecule has 0 unspecified atom stereocenters. The third-order valence-corrected chi connectivity index (χ3v) is 6.31. The number of hydrogen-bond acceptors (Lipinski definition) is 5. The van der Waals surface area contributed by atoms with E-state index >= 15 is 0 Å². The zero-order valence-corrected chi connectivity index (χ0v) is 18.1. The number of nitrogens with zero attached hydrogens (tertiary/aromatic N) is 3. The lowest BCUT2D eigenvalue weighted by Gasteiger charge is -2.35. The van der Waals surface area contributed by atoms with E-state index in [0.717, 1.165) is 34.6 Å². The van der Waals surface area contributed by atoms with E-state index in [1.54, 1.807) is 18.9 Å². The van der Waals surface area contributed by atoms with E-state index in [-0.39, 0.29) is 11.9 Å². The van der Waals surface area contributed by atoms with Crippen molar-refractivity contribution in [3.63, 3.8) is 0 Å². The number of aromatic nitrogens is 2. The van der Waals surface area contributed by atoms with Gasteiger partial charge >= 0.3 is 0 Å². The Hall–Kier alpha value is -3.48. The lowest BCUT2D eigenvalue weighted by Crippen LogP contribution is -2.39. The lowest BCUT2D eigenvalue weighted by atomic mass is 9.92. The first-order valence-corrected chi connectivity index (χ1v) is 10.4. The number of aryl methyl sites for hydroxylation is 1. The molecule has 1 amide bonds. The maximum absolute atomic E-state index is 13.6. The number of methoxy groups -OCH3 is 2. The highest BCUT2D eigenvalue weighted by Crippen LogP contribution is 2.41. The van der Waals surface area contributed by atoms with E-state index in [2.05, 4.69) is 5.10 Å². The lowest BCUT2D eigenvalue weighted by molar-refractivity contribution is 0.0667. The Morgan fingerprint density at radius 3 is 2.68 bits per heavy atom. The molecule has 160 valence electrons. The second kappa shape index (κ2) is 7.34. The molecule has 3 aromatic rings. The first kappa shape index (κ1) is 19.5. The van der Waals surface area contributed by atoms with Crippen LogP contribution in [0.15, 0.2) is 36.4 Å². The highest BCUT2D eigenvalue weighted by Gasteiger charge is 2.35. The summed E-state index contributed by atoms with van der Waals surface area (Å²) in [6, 6.07) is 11.7. The monoisotopic (exact) mass is 419 g/mol. The van der Waals surface area contributed by atoms with Gasteiger partial charge in [0.2, 0.25) is 0 Å². The fraction of sp³-hybridized carbons (Fsp3) is 0.333. The standard InChI is InChI=1S/C24H25N3O4/c1-14-17-12-21(30-4)20(29-3)11-15(17)9-10-27(14)24(28)22-18-13-31-19-8-6-5-7-16(19)23(18)26(2)25-22/h5-8,11-12,14H,9-10,13H2,1-4H3/t14-/m0/s1. The van der Waals surface area contributed by atoms with Gasteiger partial charge in [-0.3, -0.25) is 9.48 Å². The number of benzene rings is 2. The smallest absolute Gasteiger partial charge is 0.275 e. The van der Waals surface area contributed by atoms with Crippen molar-refractivity contribution in [2.75, 3.05) is 20.8 Å². The summed E-state index contributed by atoms with van der Waals surface area (Å²) in [4.78, 5) is 15.5. The van der Waals surface area contributed by atoms with Gasteiger partial charge < -0.3 is 19.1 Å². The number of amides is 1.